The zero-order valence-corrected chi connectivity index (χ0v) is 39.9. The van der Waals surface area contributed by atoms with Gasteiger partial charge in [-0.15, -0.1) is 11.3 Å². The van der Waals surface area contributed by atoms with Gasteiger partial charge in [-0.3, -0.25) is 19.2 Å². The Balaban J connectivity index is 1.21. The number of amides is 4. The van der Waals surface area contributed by atoms with Crippen LogP contribution in [-0.4, -0.2) is 96.9 Å². The number of aromatic nitrogens is 2. The lowest BCUT2D eigenvalue weighted by Crippen LogP contribution is -2.57. The maximum atomic E-state index is 14.9. The van der Waals surface area contributed by atoms with Gasteiger partial charge in [-0.1, -0.05) is 52.2 Å². The Hall–Kier alpha value is -5.49. The second-order valence-corrected chi connectivity index (χ2v) is 21.0. The van der Waals surface area contributed by atoms with Crippen LogP contribution < -0.4 is 35.5 Å². The summed E-state index contributed by atoms with van der Waals surface area (Å²) in [4.78, 5) is 67.2. The molecule has 1 saturated carbocycles. The van der Waals surface area contributed by atoms with E-state index in [1.54, 1.807) is 37.4 Å². The van der Waals surface area contributed by atoms with E-state index in [-0.39, 0.29) is 66.3 Å². The highest BCUT2D eigenvalue weighted by molar-refractivity contribution is 7.90. The van der Waals surface area contributed by atoms with Gasteiger partial charge in [-0.2, -0.15) is 0 Å². The highest BCUT2D eigenvalue weighted by Gasteiger charge is 2.64. The number of rotatable bonds is 13. The highest BCUT2D eigenvalue weighted by Crippen LogP contribution is 2.51. The molecule has 65 heavy (non-hydrogen) atoms. The summed E-state index contributed by atoms with van der Waals surface area (Å²) in [6.07, 6.45) is 3.50. The second kappa shape index (κ2) is 19.9. The molecule has 16 nitrogen and oxygen atoms in total. The second-order valence-electron chi connectivity index (χ2n) is 18.4. The molecule has 0 spiro atoms. The van der Waals surface area contributed by atoms with Gasteiger partial charge in [0.1, 0.15) is 39.8 Å². The van der Waals surface area contributed by atoms with E-state index in [9.17, 15) is 27.6 Å². The third kappa shape index (κ3) is 11.1. The molecule has 3 aliphatic rings. The third-order valence-electron chi connectivity index (χ3n) is 12.4. The van der Waals surface area contributed by atoms with Crippen molar-refractivity contribution in [3.05, 3.63) is 53.9 Å². The molecule has 350 valence electrons. The van der Waals surface area contributed by atoms with Crippen molar-refractivity contribution in [3.8, 4) is 22.9 Å². The number of sulfonamides is 1. The summed E-state index contributed by atoms with van der Waals surface area (Å²) in [5.41, 5.74) is 0.640. The van der Waals surface area contributed by atoms with Crippen molar-refractivity contribution in [2.24, 2.45) is 17.8 Å². The van der Waals surface area contributed by atoms with Gasteiger partial charge in [-0.25, -0.2) is 23.1 Å². The number of likely N-dealkylation sites (tertiary alicyclic amines) is 1. The third-order valence-corrected chi connectivity index (χ3v) is 14.6. The fourth-order valence-corrected chi connectivity index (χ4v) is 11.3. The number of para-hydroxylation sites is 1. The van der Waals surface area contributed by atoms with Crippen LogP contribution in [0.5, 0.6) is 11.5 Å². The molecule has 2 aromatic heterocycles. The summed E-state index contributed by atoms with van der Waals surface area (Å²) in [5.74, 6) is -1.17. The van der Waals surface area contributed by atoms with Crippen molar-refractivity contribution in [3.63, 3.8) is 0 Å². The first-order chi connectivity index (χ1) is 31.0. The van der Waals surface area contributed by atoms with Gasteiger partial charge < -0.3 is 35.6 Å². The van der Waals surface area contributed by atoms with Crippen LogP contribution in [0.1, 0.15) is 92.9 Å². The van der Waals surface area contributed by atoms with E-state index in [0.29, 0.717) is 52.4 Å². The Morgan fingerprint density at radius 3 is 2.55 bits per heavy atom. The molecule has 7 rings (SSSR count). The molecule has 4 aromatic rings. The number of methoxy groups -OCH3 is 1. The fourth-order valence-electron chi connectivity index (χ4n) is 9.25. The number of carbonyl (C=O) groups excluding carboxylic acids is 4. The highest BCUT2D eigenvalue weighted by atomic mass is 32.2. The van der Waals surface area contributed by atoms with Gasteiger partial charge in [0.2, 0.25) is 17.7 Å². The Morgan fingerprint density at radius 2 is 1.82 bits per heavy atom. The Kier molecular flexibility index (Phi) is 14.6. The lowest BCUT2D eigenvalue weighted by atomic mass is 9.94. The number of nitrogens with one attached hydrogen (secondary N) is 5. The number of pyridine rings is 1. The molecule has 2 unspecified atom stereocenters. The molecule has 6 atom stereocenters. The maximum Gasteiger partial charge on any atom is 0.266 e. The lowest BCUT2D eigenvalue weighted by molar-refractivity contribution is -0.140. The predicted molar refractivity (Wildman–Crippen MR) is 251 cm³/mol. The molecule has 5 N–H and O–H groups in total. The van der Waals surface area contributed by atoms with Crippen molar-refractivity contribution in [1.29, 1.82) is 0 Å². The standard InChI is InChI=1S/C47H62N8O8S2/c1-27(2)19-31(50-30(6)56)20-43(57)55-25-33(63-41-23-38(39-26-64-46(52-39)49-28(3)4)51-37-21-32(62-7)16-17-34(37)41)22-40(55)44(58)53-47-24-35(47)29(5)13-9-8-12-18-48-36-14-10-11-15-42(36)65(60,61)54-45(47)59/h10-11,14-17,21,23,26-29,31,33,35,40,48H,8-9,12-13,18-20,22,24-25H2,1-7H3,(H,49,52)(H,50,56)(H,53,58)(H,54,59)/t29?,31-,33+,35?,40-,47+/m0/s1. The smallest absolute Gasteiger partial charge is 0.266 e. The SMILES string of the molecule is COc1ccc2c(O[C@@H]3C[C@@H](C(=O)N[C@]45CC4C(C)CCCCCNc4ccccc4S(=O)(=O)NC5=O)N(C(=O)C[C@H](CC(C)C)NC(C)=O)C3)cc(-c3csc(NC(C)C)n3)nc2c1. The Labute approximate surface area is 385 Å². The number of benzene rings is 2. The van der Waals surface area contributed by atoms with Gasteiger partial charge in [0, 0.05) is 61.3 Å². The van der Waals surface area contributed by atoms with E-state index in [2.05, 4.69) is 26.0 Å². The van der Waals surface area contributed by atoms with E-state index in [1.165, 1.54) is 29.2 Å². The quantitative estimate of drug-likeness (QED) is 0.0977. The fraction of sp³-hybridized carbons (Fsp3) is 0.532. The molecule has 0 bridgehead atoms. The molecule has 1 saturated heterocycles. The van der Waals surface area contributed by atoms with Crippen molar-refractivity contribution in [2.75, 3.05) is 30.8 Å². The van der Waals surface area contributed by atoms with Crippen molar-refractivity contribution >= 4 is 66.7 Å². The normalized spacial score (nSPS) is 23.6. The first-order valence-corrected chi connectivity index (χ1v) is 25.0. The lowest BCUT2D eigenvalue weighted by Gasteiger charge is -2.29. The van der Waals surface area contributed by atoms with Crippen LogP contribution in [0.3, 0.4) is 0 Å². The van der Waals surface area contributed by atoms with Crippen LogP contribution in [0.2, 0.25) is 0 Å². The zero-order valence-electron chi connectivity index (χ0n) is 38.2. The van der Waals surface area contributed by atoms with Gasteiger partial charge in [-0.05, 0) is 75.1 Å². The van der Waals surface area contributed by atoms with Crippen molar-refractivity contribution in [2.45, 2.75) is 128 Å². The van der Waals surface area contributed by atoms with Crippen LogP contribution >= 0.6 is 11.3 Å². The van der Waals surface area contributed by atoms with Crippen molar-refractivity contribution in [1.82, 2.24) is 30.2 Å². The van der Waals surface area contributed by atoms with Gasteiger partial charge in [0.15, 0.2) is 5.13 Å². The molecular weight excluding hydrogens is 869 g/mol. The Bertz CT molecular complexity index is 2510. The molecule has 2 aromatic carbocycles. The molecule has 4 heterocycles. The molecule has 0 radical (unpaired) electrons. The molecular formula is C47H62N8O8S2. The van der Waals surface area contributed by atoms with Gasteiger partial charge in [0.25, 0.3) is 15.9 Å². The largest absolute Gasteiger partial charge is 0.497 e. The van der Waals surface area contributed by atoms with E-state index >= 15 is 0 Å². The number of nitrogens with zero attached hydrogens (tertiary/aromatic N) is 3. The minimum absolute atomic E-state index is 0.0125. The number of hydrogen-bond acceptors (Lipinski definition) is 13. The number of hydrogen-bond donors (Lipinski definition) is 5. The van der Waals surface area contributed by atoms with Crippen molar-refractivity contribution < 1.29 is 37.1 Å². The number of anilines is 2. The number of ether oxygens (including phenoxy) is 2. The summed E-state index contributed by atoms with van der Waals surface area (Å²) < 4.78 is 42.5. The zero-order chi connectivity index (χ0) is 46.6. The number of fused-ring (bicyclic) bond motifs is 3. The van der Waals surface area contributed by atoms with Crippen LogP contribution in [0, 0.1) is 17.8 Å². The van der Waals surface area contributed by atoms with Crippen LogP contribution in [0.15, 0.2) is 58.8 Å². The topological polar surface area (TPSA) is 210 Å². The minimum atomic E-state index is -4.36. The summed E-state index contributed by atoms with van der Waals surface area (Å²) in [6.45, 7) is 12.1. The van der Waals surface area contributed by atoms with Gasteiger partial charge >= 0.3 is 0 Å². The molecule has 4 amide bonds. The molecule has 18 heteroatoms. The molecule has 1 aliphatic carbocycles. The average molecular weight is 931 g/mol. The summed E-state index contributed by atoms with van der Waals surface area (Å²) in [7, 11) is -2.78. The summed E-state index contributed by atoms with van der Waals surface area (Å²) in [6, 6.07) is 12.3. The van der Waals surface area contributed by atoms with Crippen LogP contribution in [-0.2, 0) is 29.2 Å². The minimum Gasteiger partial charge on any atom is -0.497 e. The number of thiazole rings is 1. The maximum absolute atomic E-state index is 14.9. The first kappa shape index (κ1) is 47.5. The average Bonchev–Trinajstić information content (AvgIpc) is 3.53. The monoisotopic (exact) mass is 930 g/mol. The Morgan fingerprint density at radius 1 is 1.03 bits per heavy atom. The first-order valence-electron chi connectivity index (χ1n) is 22.6. The van der Waals surface area contributed by atoms with E-state index in [1.807, 2.05) is 52.1 Å². The number of carbonyl (C=O) groups is 4. The van der Waals surface area contributed by atoms with Gasteiger partial charge in [0.05, 0.1) is 30.6 Å². The summed E-state index contributed by atoms with van der Waals surface area (Å²) >= 11 is 1.46. The molecule has 2 fully saturated rings. The summed E-state index contributed by atoms with van der Waals surface area (Å²) in [5, 5.41) is 15.8. The predicted octanol–water partition coefficient (Wildman–Crippen LogP) is 6.48. The van der Waals surface area contributed by atoms with E-state index < -0.39 is 45.6 Å². The van der Waals surface area contributed by atoms with Crippen LogP contribution in [0.25, 0.3) is 22.3 Å². The van der Waals surface area contributed by atoms with E-state index in [0.717, 1.165) is 30.8 Å². The van der Waals surface area contributed by atoms with Crippen LogP contribution in [0.4, 0.5) is 10.8 Å². The molecule has 2 aliphatic heterocycles. The van der Waals surface area contributed by atoms with E-state index in [4.69, 9.17) is 19.4 Å².